The van der Waals surface area contributed by atoms with Crippen LogP contribution < -0.4 is 0 Å². The normalized spacial score (nSPS) is 22.9. The Bertz CT molecular complexity index is 118. The summed E-state index contributed by atoms with van der Waals surface area (Å²) in [6.45, 7) is 2.18. The maximum Gasteiger partial charge on any atom is -0.0247 e. The van der Waals surface area contributed by atoms with Crippen LogP contribution in [0.15, 0.2) is 23.8 Å². The Balaban J connectivity index is 2.46. The van der Waals surface area contributed by atoms with Crippen LogP contribution in [0.3, 0.4) is 0 Å². The minimum Gasteiger partial charge on any atom is -0.0839 e. The highest BCUT2D eigenvalue weighted by molar-refractivity contribution is 5.23. The van der Waals surface area contributed by atoms with Gasteiger partial charge in [-0.05, 0) is 19.3 Å². The molecule has 0 fully saturated rings. The van der Waals surface area contributed by atoms with Gasteiger partial charge in [-0.2, -0.15) is 0 Å². The summed E-state index contributed by atoms with van der Waals surface area (Å²) in [5.74, 6) is 0. The molecule has 0 bridgehead atoms. The molecule has 8 heavy (non-hydrogen) atoms. The molecule has 0 atom stereocenters. The first-order valence-electron chi connectivity index (χ1n) is 3.29. The van der Waals surface area contributed by atoms with Crippen molar-refractivity contribution in [3.05, 3.63) is 23.8 Å². The Morgan fingerprint density at radius 3 is 3.12 bits per heavy atom. The van der Waals surface area contributed by atoms with Gasteiger partial charge in [-0.25, -0.2) is 0 Å². The molecule has 1 rings (SSSR count). The fraction of sp³-hybridized carbons (Fsp3) is 0.500. The van der Waals surface area contributed by atoms with E-state index in [1.165, 1.54) is 24.8 Å². The molecule has 1 aliphatic rings. The minimum atomic E-state index is 1.18. The van der Waals surface area contributed by atoms with Crippen LogP contribution in [0.2, 0.25) is 0 Å². The molecule has 0 amide bonds. The van der Waals surface area contributed by atoms with Gasteiger partial charge in [0.25, 0.3) is 0 Å². The molecule has 0 spiro atoms. The minimum absolute atomic E-state index is 1.18. The zero-order valence-corrected chi connectivity index (χ0v) is 5.35. The second kappa shape index (κ2) is 2.71. The SMILES string of the molecule is CC/C=C1/C=CCC1. The van der Waals surface area contributed by atoms with Crippen molar-refractivity contribution in [2.45, 2.75) is 26.2 Å². The average Bonchev–Trinajstić information content (AvgIpc) is 2.19. The maximum absolute atomic E-state index is 2.30. The van der Waals surface area contributed by atoms with Gasteiger partial charge in [0.15, 0.2) is 0 Å². The van der Waals surface area contributed by atoms with Crippen LogP contribution in [0.1, 0.15) is 26.2 Å². The first kappa shape index (κ1) is 5.61. The monoisotopic (exact) mass is 108 g/mol. The molecule has 1 aliphatic carbocycles. The third-order valence-corrected chi connectivity index (χ3v) is 1.40. The van der Waals surface area contributed by atoms with E-state index in [1.807, 2.05) is 0 Å². The quantitative estimate of drug-likeness (QED) is 0.484. The lowest BCUT2D eigenvalue weighted by Crippen LogP contribution is -1.67. The highest BCUT2D eigenvalue weighted by Gasteiger charge is 1.95. The van der Waals surface area contributed by atoms with Gasteiger partial charge in [0.1, 0.15) is 0 Å². The Hall–Kier alpha value is -0.520. The molecular weight excluding hydrogens is 96.1 g/mol. The lowest BCUT2D eigenvalue weighted by Gasteiger charge is -1.87. The number of allylic oxidation sites excluding steroid dienone is 4. The lowest BCUT2D eigenvalue weighted by atomic mass is 10.2. The molecule has 0 N–H and O–H groups in total. The summed E-state index contributed by atoms with van der Waals surface area (Å²) in [7, 11) is 0. The lowest BCUT2D eigenvalue weighted by molar-refractivity contribution is 1.04. The van der Waals surface area contributed by atoms with E-state index in [0.29, 0.717) is 0 Å². The van der Waals surface area contributed by atoms with E-state index in [0.717, 1.165) is 0 Å². The van der Waals surface area contributed by atoms with Crippen molar-refractivity contribution in [1.29, 1.82) is 0 Å². The topological polar surface area (TPSA) is 0 Å². The van der Waals surface area contributed by atoms with E-state index >= 15 is 0 Å². The first-order valence-corrected chi connectivity index (χ1v) is 3.29. The Morgan fingerprint density at radius 1 is 1.75 bits per heavy atom. The zero-order chi connectivity index (χ0) is 5.82. The van der Waals surface area contributed by atoms with E-state index in [4.69, 9.17) is 0 Å². The molecule has 0 saturated carbocycles. The van der Waals surface area contributed by atoms with Crippen LogP contribution in [0.25, 0.3) is 0 Å². The molecular formula is C8H12. The third kappa shape index (κ3) is 1.22. The molecule has 0 aromatic carbocycles. The van der Waals surface area contributed by atoms with Crippen molar-refractivity contribution in [2.24, 2.45) is 0 Å². The van der Waals surface area contributed by atoms with E-state index < -0.39 is 0 Å². The fourth-order valence-electron chi connectivity index (χ4n) is 1.00. The number of hydrogen-bond donors (Lipinski definition) is 0. The van der Waals surface area contributed by atoms with Gasteiger partial charge in [-0.15, -0.1) is 0 Å². The van der Waals surface area contributed by atoms with Crippen LogP contribution in [-0.2, 0) is 0 Å². The average molecular weight is 108 g/mol. The van der Waals surface area contributed by atoms with Crippen molar-refractivity contribution in [3.8, 4) is 0 Å². The molecule has 0 aromatic heterocycles. The summed E-state index contributed by atoms with van der Waals surface area (Å²) in [6.07, 6.45) is 10.5. The van der Waals surface area contributed by atoms with E-state index in [1.54, 1.807) is 0 Å². The summed E-state index contributed by atoms with van der Waals surface area (Å²) in [5, 5.41) is 0. The van der Waals surface area contributed by atoms with Crippen LogP contribution in [-0.4, -0.2) is 0 Å². The molecule has 0 heteroatoms. The van der Waals surface area contributed by atoms with Gasteiger partial charge in [0, 0.05) is 0 Å². The highest BCUT2D eigenvalue weighted by Crippen LogP contribution is 2.15. The summed E-state index contributed by atoms with van der Waals surface area (Å²) >= 11 is 0. The van der Waals surface area contributed by atoms with Crippen molar-refractivity contribution in [1.82, 2.24) is 0 Å². The summed E-state index contributed by atoms with van der Waals surface area (Å²) in [5.41, 5.74) is 1.52. The smallest absolute Gasteiger partial charge is 0.0247 e. The standard InChI is InChI=1S/C8H12/c1-2-5-8-6-3-4-7-8/h3,5-6H,2,4,7H2,1H3/b8-5-. The van der Waals surface area contributed by atoms with Gasteiger partial charge in [-0.3, -0.25) is 0 Å². The van der Waals surface area contributed by atoms with Crippen LogP contribution in [0.5, 0.6) is 0 Å². The summed E-state index contributed by atoms with van der Waals surface area (Å²) in [4.78, 5) is 0. The zero-order valence-electron chi connectivity index (χ0n) is 5.35. The molecule has 0 unspecified atom stereocenters. The van der Waals surface area contributed by atoms with Crippen LogP contribution in [0.4, 0.5) is 0 Å². The second-order valence-electron chi connectivity index (χ2n) is 2.13. The Labute approximate surface area is 50.9 Å². The number of hydrogen-bond acceptors (Lipinski definition) is 0. The van der Waals surface area contributed by atoms with Gasteiger partial charge in [0.2, 0.25) is 0 Å². The van der Waals surface area contributed by atoms with Gasteiger partial charge in [0.05, 0.1) is 0 Å². The summed E-state index contributed by atoms with van der Waals surface area (Å²) in [6, 6.07) is 0. The van der Waals surface area contributed by atoms with E-state index in [-0.39, 0.29) is 0 Å². The summed E-state index contributed by atoms with van der Waals surface area (Å²) < 4.78 is 0. The molecule has 0 saturated heterocycles. The molecule has 0 radical (unpaired) electrons. The molecule has 44 valence electrons. The molecule has 0 aliphatic heterocycles. The Kier molecular flexibility index (Phi) is 1.90. The Morgan fingerprint density at radius 2 is 2.62 bits per heavy atom. The number of rotatable bonds is 1. The van der Waals surface area contributed by atoms with Crippen LogP contribution >= 0.6 is 0 Å². The van der Waals surface area contributed by atoms with Gasteiger partial charge in [-0.1, -0.05) is 30.7 Å². The van der Waals surface area contributed by atoms with E-state index in [9.17, 15) is 0 Å². The third-order valence-electron chi connectivity index (χ3n) is 1.40. The van der Waals surface area contributed by atoms with Crippen molar-refractivity contribution >= 4 is 0 Å². The fourth-order valence-corrected chi connectivity index (χ4v) is 1.00. The second-order valence-corrected chi connectivity index (χ2v) is 2.13. The predicted octanol–water partition coefficient (Wildman–Crippen LogP) is 2.67. The van der Waals surface area contributed by atoms with Crippen molar-refractivity contribution < 1.29 is 0 Å². The van der Waals surface area contributed by atoms with Crippen molar-refractivity contribution in [2.75, 3.05) is 0 Å². The van der Waals surface area contributed by atoms with Crippen molar-refractivity contribution in [3.63, 3.8) is 0 Å². The highest BCUT2D eigenvalue weighted by atomic mass is 14.0. The first-order chi connectivity index (χ1) is 3.93. The van der Waals surface area contributed by atoms with Gasteiger partial charge >= 0.3 is 0 Å². The molecule has 0 heterocycles. The van der Waals surface area contributed by atoms with E-state index in [2.05, 4.69) is 25.2 Å². The van der Waals surface area contributed by atoms with Gasteiger partial charge < -0.3 is 0 Å². The molecule has 0 nitrogen and oxygen atoms in total. The molecule has 0 aromatic rings. The van der Waals surface area contributed by atoms with Crippen LogP contribution in [0, 0.1) is 0 Å². The predicted molar refractivity (Wildman–Crippen MR) is 36.7 cm³/mol. The largest absolute Gasteiger partial charge is 0.0839 e. The maximum atomic E-state index is 2.30.